The third-order valence-corrected chi connectivity index (χ3v) is 4.95. The summed E-state index contributed by atoms with van der Waals surface area (Å²) < 4.78 is 23.6. The number of nitrogens with one attached hydrogen (secondary N) is 1. The summed E-state index contributed by atoms with van der Waals surface area (Å²) in [4.78, 5) is 28.2. The van der Waals surface area contributed by atoms with Crippen LogP contribution in [0.15, 0.2) is 53.9 Å². The molecular formula is C21H19FN2O4S. The predicted octanol–water partition coefficient (Wildman–Crippen LogP) is 3.36. The van der Waals surface area contributed by atoms with Crippen LogP contribution in [0.2, 0.25) is 0 Å². The van der Waals surface area contributed by atoms with Gasteiger partial charge in [-0.2, -0.15) is 0 Å². The standard InChI is InChI=1S/C21H19FN2O4S/c1-27-17-8-6-14(7-9-17)21-24-16(13-29-21)10-20(26)28-12-19(25)23-11-15-4-2-3-5-18(15)22/h2-9,13H,10-12H2,1H3,(H,23,25). The van der Waals surface area contributed by atoms with Crippen molar-refractivity contribution in [3.8, 4) is 16.3 Å². The first kappa shape index (κ1) is 20.5. The van der Waals surface area contributed by atoms with Crippen LogP contribution in [0.5, 0.6) is 5.75 Å². The first-order chi connectivity index (χ1) is 14.0. The fourth-order valence-electron chi connectivity index (χ4n) is 2.49. The topological polar surface area (TPSA) is 77.5 Å². The Morgan fingerprint density at radius 2 is 1.90 bits per heavy atom. The van der Waals surface area contributed by atoms with Gasteiger partial charge in [0.1, 0.15) is 16.6 Å². The van der Waals surface area contributed by atoms with E-state index < -0.39 is 24.3 Å². The van der Waals surface area contributed by atoms with Crippen molar-refractivity contribution in [1.82, 2.24) is 10.3 Å². The van der Waals surface area contributed by atoms with Crippen molar-refractivity contribution < 1.29 is 23.5 Å². The van der Waals surface area contributed by atoms with Crippen molar-refractivity contribution >= 4 is 23.2 Å². The number of benzene rings is 2. The Morgan fingerprint density at radius 1 is 1.14 bits per heavy atom. The number of esters is 1. The van der Waals surface area contributed by atoms with Gasteiger partial charge in [0, 0.05) is 23.1 Å². The zero-order chi connectivity index (χ0) is 20.6. The van der Waals surface area contributed by atoms with Gasteiger partial charge >= 0.3 is 5.97 Å². The molecule has 3 aromatic rings. The molecule has 2 aromatic carbocycles. The van der Waals surface area contributed by atoms with Gasteiger partial charge in [-0.25, -0.2) is 9.37 Å². The normalized spacial score (nSPS) is 10.4. The molecule has 29 heavy (non-hydrogen) atoms. The van der Waals surface area contributed by atoms with Gasteiger partial charge in [0.05, 0.1) is 19.2 Å². The molecule has 0 fully saturated rings. The molecule has 0 aliphatic carbocycles. The number of halogens is 1. The van der Waals surface area contributed by atoms with E-state index in [0.29, 0.717) is 11.3 Å². The zero-order valence-electron chi connectivity index (χ0n) is 15.7. The smallest absolute Gasteiger partial charge is 0.312 e. The Bertz CT molecular complexity index is 988. The van der Waals surface area contributed by atoms with Crippen molar-refractivity contribution in [3.05, 3.63) is 71.0 Å². The summed E-state index contributed by atoms with van der Waals surface area (Å²) in [5, 5.41) is 5.07. The molecule has 3 rings (SSSR count). The van der Waals surface area contributed by atoms with E-state index in [4.69, 9.17) is 9.47 Å². The van der Waals surface area contributed by atoms with E-state index in [1.807, 2.05) is 24.3 Å². The van der Waals surface area contributed by atoms with Gasteiger partial charge in [-0.1, -0.05) is 18.2 Å². The van der Waals surface area contributed by atoms with Crippen LogP contribution in [-0.2, 0) is 27.3 Å². The molecule has 0 atom stereocenters. The lowest BCUT2D eigenvalue weighted by Gasteiger charge is -2.07. The Kier molecular flexibility index (Phi) is 6.91. The minimum atomic E-state index is -0.558. The highest BCUT2D eigenvalue weighted by Gasteiger charge is 2.12. The van der Waals surface area contributed by atoms with Gasteiger partial charge in [0.2, 0.25) is 0 Å². The van der Waals surface area contributed by atoms with Gasteiger partial charge in [0.25, 0.3) is 5.91 Å². The van der Waals surface area contributed by atoms with E-state index in [1.165, 1.54) is 17.4 Å². The summed E-state index contributed by atoms with van der Waals surface area (Å²) in [6.07, 6.45) is -0.0345. The minimum Gasteiger partial charge on any atom is -0.497 e. The van der Waals surface area contributed by atoms with Crippen LogP contribution in [0.25, 0.3) is 10.6 Å². The molecule has 8 heteroatoms. The van der Waals surface area contributed by atoms with E-state index in [2.05, 4.69) is 10.3 Å². The van der Waals surface area contributed by atoms with E-state index in [0.717, 1.165) is 16.3 Å². The van der Waals surface area contributed by atoms with Crippen LogP contribution in [0.1, 0.15) is 11.3 Å². The lowest BCUT2D eigenvalue weighted by Crippen LogP contribution is -2.29. The summed E-state index contributed by atoms with van der Waals surface area (Å²) in [7, 11) is 1.60. The molecule has 0 radical (unpaired) electrons. The van der Waals surface area contributed by atoms with Crippen LogP contribution >= 0.6 is 11.3 Å². The van der Waals surface area contributed by atoms with Crippen LogP contribution in [0.3, 0.4) is 0 Å². The Labute approximate surface area is 171 Å². The predicted molar refractivity (Wildman–Crippen MR) is 107 cm³/mol. The number of hydrogen-bond donors (Lipinski definition) is 1. The molecule has 0 aliphatic heterocycles. The van der Waals surface area contributed by atoms with E-state index >= 15 is 0 Å². The highest BCUT2D eigenvalue weighted by atomic mass is 32.1. The second-order valence-corrected chi connectivity index (χ2v) is 6.94. The Morgan fingerprint density at radius 3 is 2.62 bits per heavy atom. The zero-order valence-corrected chi connectivity index (χ0v) is 16.5. The van der Waals surface area contributed by atoms with Crippen LogP contribution < -0.4 is 10.1 Å². The number of carbonyl (C=O) groups is 2. The molecular weight excluding hydrogens is 395 g/mol. The van der Waals surface area contributed by atoms with Crippen LogP contribution in [0, 0.1) is 5.82 Å². The molecule has 0 unspecified atom stereocenters. The van der Waals surface area contributed by atoms with Crippen molar-refractivity contribution in [1.29, 1.82) is 0 Å². The first-order valence-corrected chi connectivity index (χ1v) is 9.67. The largest absolute Gasteiger partial charge is 0.497 e. The first-order valence-electron chi connectivity index (χ1n) is 8.79. The molecule has 0 spiro atoms. The number of methoxy groups -OCH3 is 1. The summed E-state index contributed by atoms with van der Waals surface area (Å²) in [5.74, 6) is -0.709. The number of nitrogens with zero attached hydrogens (tertiary/aromatic N) is 1. The maximum absolute atomic E-state index is 13.5. The monoisotopic (exact) mass is 414 g/mol. The summed E-state index contributed by atoms with van der Waals surface area (Å²) >= 11 is 1.42. The quantitative estimate of drug-likeness (QED) is 0.572. The summed E-state index contributed by atoms with van der Waals surface area (Å²) in [6, 6.07) is 13.6. The van der Waals surface area contributed by atoms with E-state index in [-0.39, 0.29) is 13.0 Å². The summed E-state index contributed by atoms with van der Waals surface area (Å²) in [6.45, 7) is -0.400. The number of thiazole rings is 1. The van der Waals surface area contributed by atoms with Gasteiger partial charge in [-0.3, -0.25) is 9.59 Å². The van der Waals surface area contributed by atoms with E-state index in [9.17, 15) is 14.0 Å². The maximum Gasteiger partial charge on any atom is 0.312 e. The SMILES string of the molecule is COc1ccc(-c2nc(CC(=O)OCC(=O)NCc3ccccc3F)cs2)cc1. The van der Waals surface area contributed by atoms with Gasteiger partial charge in [-0.05, 0) is 30.3 Å². The molecule has 0 aliphatic rings. The van der Waals surface area contributed by atoms with E-state index in [1.54, 1.807) is 30.7 Å². The number of rotatable bonds is 8. The summed E-state index contributed by atoms with van der Waals surface area (Å²) in [5.41, 5.74) is 1.85. The fraction of sp³-hybridized carbons (Fsp3) is 0.190. The molecule has 1 amide bonds. The van der Waals surface area contributed by atoms with Gasteiger partial charge in [-0.15, -0.1) is 11.3 Å². The maximum atomic E-state index is 13.5. The third kappa shape index (κ3) is 5.86. The second-order valence-electron chi connectivity index (χ2n) is 6.08. The fourth-order valence-corrected chi connectivity index (χ4v) is 3.31. The van der Waals surface area contributed by atoms with Crippen LogP contribution in [0.4, 0.5) is 4.39 Å². The molecule has 1 heterocycles. The van der Waals surface area contributed by atoms with Crippen LogP contribution in [-0.4, -0.2) is 30.6 Å². The Balaban J connectivity index is 1.45. The van der Waals surface area contributed by atoms with Crippen molar-refractivity contribution in [2.75, 3.05) is 13.7 Å². The lowest BCUT2D eigenvalue weighted by atomic mass is 10.2. The highest BCUT2D eigenvalue weighted by molar-refractivity contribution is 7.13. The van der Waals surface area contributed by atoms with Crippen molar-refractivity contribution in [3.63, 3.8) is 0 Å². The minimum absolute atomic E-state index is 0.0281. The average molecular weight is 414 g/mol. The van der Waals surface area contributed by atoms with Gasteiger partial charge < -0.3 is 14.8 Å². The number of carbonyl (C=O) groups excluding carboxylic acids is 2. The molecule has 1 aromatic heterocycles. The molecule has 1 N–H and O–H groups in total. The molecule has 6 nitrogen and oxygen atoms in total. The lowest BCUT2D eigenvalue weighted by molar-refractivity contribution is -0.147. The van der Waals surface area contributed by atoms with Gasteiger partial charge in [0.15, 0.2) is 6.61 Å². The number of amides is 1. The number of ether oxygens (including phenoxy) is 2. The van der Waals surface area contributed by atoms with Crippen molar-refractivity contribution in [2.45, 2.75) is 13.0 Å². The number of hydrogen-bond acceptors (Lipinski definition) is 6. The van der Waals surface area contributed by atoms with Crippen molar-refractivity contribution in [2.24, 2.45) is 0 Å². The molecule has 0 bridgehead atoms. The molecule has 0 saturated carbocycles. The molecule has 150 valence electrons. The molecule has 0 saturated heterocycles. The second kappa shape index (κ2) is 9.79. The Hall–Kier alpha value is -3.26. The highest BCUT2D eigenvalue weighted by Crippen LogP contribution is 2.25. The number of aromatic nitrogens is 1. The third-order valence-electron chi connectivity index (χ3n) is 4.01. The average Bonchev–Trinajstić information content (AvgIpc) is 3.20.